The molecule has 48 valence electrons. The predicted octanol–water partition coefficient (Wildman–Crippen LogP) is -1.21. The lowest BCUT2D eigenvalue weighted by molar-refractivity contribution is -0.481. The lowest BCUT2D eigenvalue weighted by Crippen LogP contribution is -2.64. The van der Waals surface area contributed by atoms with Crippen LogP contribution in [0.3, 0.4) is 0 Å². The van der Waals surface area contributed by atoms with Gasteiger partial charge in [-0.25, -0.2) is 0 Å². The first-order chi connectivity index (χ1) is 3.77. The van der Waals surface area contributed by atoms with Crippen molar-refractivity contribution in [2.75, 3.05) is 27.2 Å². The molecule has 0 aliphatic carbocycles. The second kappa shape index (κ2) is 4.71. The summed E-state index contributed by atoms with van der Waals surface area (Å²) in [6.07, 6.45) is 0.927. The number of nitrogens with zero attached hydrogens (tertiary/aromatic N) is 1. The zero-order valence-corrected chi connectivity index (χ0v) is 5.48. The minimum absolute atomic E-state index is 0.568. The molecule has 0 aromatic heterocycles. The van der Waals surface area contributed by atoms with Crippen molar-refractivity contribution in [1.29, 1.82) is 0 Å². The van der Waals surface area contributed by atoms with Crippen LogP contribution in [0.1, 0.15) is 6.42 Å². The van der Waals surface area contributed by atoms with E-state index < -0.39 is 0 Å². The number of rotatable bonds is 4. The monoisotopic (exact) mass is 117 g/mol. The third-order valence-corrected chi connectivity index (χ3v) is 0.884. The van der Waals surface area contributed by atoms with Gasteiger partial charge in [0.05, 0.1) is 0 Å². The average molecular weight is 117 g/mol. The Morgan fingerprint density at radius 3 is 2.50 bits per heavy atom. The minimum Gasteiger partial charge on any atom is -0.309 e. The van der Waals surface area contributed by atoms with E-state index >= 15 is 0 Å². The highest BCUT2D eigenvalue weighted by Gasteiger charge is 1.90. The Hall–Kier alpha value is -0.440. The van der Waals surface area contributed by atoms with Gasteiger partial charge in [-0.2, -0.15) is 0 Å². The fraction of sp³-hybridized carbons (Fsp3) is 1.00. The van der Waals surface area contributed by atoms with Gasteiger partial charge in [-0.15, -0.1) is 0 Å². The molecule has 8 heavy (non-hydrogen) atoms. The maximum Gasteiger partial charge on any atom is 0.190 e. The summed E-state index contributed by atoms with van der Waals surface area (Å²) in [7, 11) is 3.98. The number of hydrogen-bond acceptors (Lipinski definition) is 2. The molecule has 0 aliphatic rings. The van der Waals surface area contributed by atoms with Crippen molar-refractivity contribution in [2.24, 2.45) is 0 Å². The van der Waals surface area contributed by atoms with Crippen LogP contribution in [-0.4, -0.2) is 32.1 Å². The van der Waals surface area contributed by atoms with Gasteiger partial charge < -0.3 is 4.90 Å². The Labute approximate surface area is 49.7 Å². The Kier molecular flexibility index (Phi) is 4.45. The van der Waals surface area contributed by atoms with Crippen LogP contribution >= 0.6 is 0 Å². The molecule has 0 saturated heterocycles. The van der Waals surface area contributed by atoms with E-state index in [0.29, 0.717) is 6.54 Å². The summed E-state index contributed by atoms with van der Waals surface area (Å²) in [5.74, 6) is 0. The van der Waals surface area contributed by atoms with Gasteiger partial charge in [-0.3, -0.25) is 0 Å². The molecule has 0 heterocycles. The summed E-state index contributed by atoms with van der Waals surface area (Å²) in [6.45, 7) is 1.55. The third-order valence-electron chi connectivity index (χ3n) is 0.884. The van der Waals surface area contributed by atoms with Crippen molar-refractivity contribution < 1.29 is 5.18 Å². The molecule has 0 fully saturated rings. The summed E-state index contributed by atoms with van der Waals surface area (Å²) >= 11 is 0. The van der Waals surface area contributed by atoms with E-state index in [1.165, 1.54) is 0 Å². The van der Waals surface area contributed by atoms with Gasteiger partial charge >= 0.3 is 0 Å². The van der Waals surface area contributed by atoms with Crippen LogP contribution in [0.2, 0.25) is 0 Å². The SMILES string of the molecule is CN(C)CCC[NH+]=O. The highest BCUT2D eigenvalue weighted by atomic mass is 16.3. The van der Waals surface area contributed by atoms with Crippen LogP contribution < -0.4 is 5.18 Å². The van der Waals surface area contributed by atoms with Gasteiger partial charge in [-0.05, 0) is 19.3 Å². The molecule has 0 bridgehead atoms. The van der Waals surface area contributed by atoms with E-state index in [9.17, 15) is 4.91 Å². The standard InChI is InChI=1S/C5H12N2O/c1-7(2)5-3-4-6-8/h3-5H2,1-2H3/p+1. The molecule has 0 unspecified atom stereocenters. The molecule has 0 rings (SSSR count). The molecule has 0 aromatic carbocycles. The Morgan fingerprint density at radius 1 is 1.50 bits per heavy atom. The van der Waals surface area contributed by atoms with E-state index in [1.807, 2.05) is 19.3 Å². The van der Waals surface area contributed by atoms with Gasteiger partial charge in [0.1, 0.15) is 0 Å². The molecule has 0 spiro atoms. The molecule has 0 radical (unpaired) electrons. The summed E-state index contributed by atoms with van der Waals surface area (Å²) in [5.41, 5.74) is 0. The van der Waals surface area contributed by atoms with Gasteiger partial charge in [0.25, 0.3) is 0 Å². The fourth-order valence-electron chi connectivity index (χ4n) is 0.467. The van der Waals surface area contributed by atoms with E-state index in [4.69, 9.17) is 0 Å². The average Bonchev–Trinajstić information content (AvgIpc) is 1.66. The highest BCUT2D eigenvalue weighted by Crippen LogP contribution is 1.75. The van der Waals surface area contributed by atoms with Crippen molar-refractivity contribution in [3.05, 3.63) is 4.91 Å². The third kappa shape index (κ3) is 5.56. The molecule has 3 heteroatoms. The second-order valence-corrected chi connectivity index (χ2v) is 2.05. The summed E-state index contributed by atoms with van der Waals surface area (Å²) < 4.78 is 0. The van der Waals surface area contributed by atoms with Crippen LogP contribution in [0.5, 0.6) is 0 Å². The van der Waals surface area contributed by atoms with Gasteiger partial charge in [-0.1, -0.05) is 0 Å². The number of nitroso groups, excluding NO2 is 1. The predicted molar refractivity (Wildman–Crippen MR) is 32.4 cm³/mol. The molecular formula is C5H13N2O+. The van der Waals surface area contributed by atoms with Crippen molar-refractivity contribution in [3.8, 4) is 0 Å². The van der Waals surface area contributed by atoms with E-state index in [1.54, 1.807) is 0 Å². The molecule has 3 nitrogen and oxygen atoms in total. The van der Waals surface area contributed by atoms with Gasteiger partial charge in [0, 0.05) is 17.9 Å². The lowest BCUT2D eigenvalue weighted by atomic mass is 10.4. The minimum atomic E-state index is 0.568. The maximum atomic E-state index is 9.64. The second-order valence-electron chi connectivity index (χ2n) is 2.05. The van der Waals surface area contributed by atoms with Crippen LogP contribution in [0.15, 0.2) is 0 Å². The van der Waals surface area contributed by atoms with Crippen molar-refractivity contribution in [3.63, 3.8) is 0 Å². The molecule has 1 N–H and O–H groups in total. The smallest absolute Gasteiger partial charge is 0.190 e. The summed E-state index contributed by atoms with van der Waals surface area (Å²) in [6, 6.07) is 0. The van der Waals surface area contributed by atoms with E-state index in [-0.39, 0.29) is 0 Å². The largest absolute Gasteiger partial charge is 0.309 e. The fourth-order valence-corrected chi connectivity index (χ4v) is 0.467. The van der Waals surface area contributed by atoms with Crippen LogP contribution in [-0.2, 0) is 0 Å². The lowest BCUT2D eigenvalue weighted by Gasteiger charge is -2.04. The molecule has 0 saturated carbocycles. The normalized spacial score (nSPS) is 9.88. The zero-order chi connectivity index (χ0) is 6.41. The summed E-state index contributed by atoms with van der Waals surface area (Å²) in [5, 5.41) is 1.85. The molecule has 0 amide bonds. The highest BCUT2D eigenvalue weighted by molar-refractivity contribution is 4.39. The maximum absolute atomic E-state index is 9.64. The van der Waals surface area contributed by atoms with E-state index in [2.05, 4.69) is 4.90 Å². The van der Waals surface area contributed by atoms with E-state index in [0.717, 1.165) is 13.0 Å². The molecule has 0 aliphatic heterocycles. The molecule has 0 atom stereocenters. The topological polar surface area (TPSA) is 34.3 Å². The van der Waals surface area contributed by atoms with Crippen molar-refractivity contribution >= 4 is 0 Å². The van der Waals surface area contributed by atoms with Crippen LogP contribution in [0, 0.1) is 4.91 Å². The first-order valence-corrected chi connectivity index (χ1v) is 2.77. The number of hydrogen-bond donors (Lipinski definition) is 1. The Morgan fingerprint density at radius 2 is 2.12 bits per heavy atom. The van der Waals surface area contributed by atoms with Crippen LogP contribution in [0.25, 0.3) is 0 Å². The molecule has 0 aromatic rings. The first kappa shape index (κ1) is 7.56. The van der Waals surface area contributed by atoms with Gasteiger partial charge in [0.15, 0.2) is 6.54 Å². The Balaban J connectivity index is 2.81. The quantitative estimate of drug-likeness (QED) is 0.469. The zero-order valence-electron chi connectivity index (χ0n) is 5.48. The van der Waals surface area contributed by atoms with Crippen molar-refractivity contribution in [2.45, 2.75) is 6.42 Å². The van der Waals surface area contributed by atoms with Crippen molar-refractivity contribution in [1.82, 2.24) is 4.90 Å². The van der Waals surface area contributed by atoms with Gasteiger partial charge in [0.2, 0.25) is 0 Å². The first-order valence-electron chi connectivity index (χ1n) is 2.77. The number of nitrogens with one attached hydrogen (secondary N) is 1. The Bertz CT molecular complexity index is 63.4. The summed E-state index contributed by atoms with van der Waals surface area (Å²) in [4.78, 5) is 11.7. The molecular weight excluding hydrogens is 104 g/mol. The van der Waals surface area contributed by atoms with Crippen LogP contribution in [0.4, 0.5) is 0 Å².